The van der Waals surface area contributed by atoms with Crippen LogP contribution in [0, 0.1) is 0 Å². The number of Topliss-reactive ketones (excluding diaryl/α,β-unsaturated/α-hetero) is 4. The van der Waals surface area contributed by atoms with Gasteiger partial charge in [0.05, 0.1) is 0 Å². The first-order chi connectivity index (χ1) is 26.8. The molecule has 9 rings (SSSR count). The lowest BCUT2D eigenvalue weighted by atomic mass is 9.76. The van der Waals surface area contributed by atoms with Crippen molar-refractivity contribution in [1.29, 1.82) is 0 Å². The van der Waals surface area contributed by atoms with E-state index in [2.05, 4.69) is 0 Å². The van der Waals surface area contributed by atoms with Crippen molar-refractivity contribution >= 4 is 63.6 Å². The van der Waals surface area contributed by atoms with Gasteiger partial charge in [-0.1, -0.05) is 113 Å². The fourth-order valence-corrected chi connectivity index (χ4v) is 12.1. The number of carbonyl (C=O) groups is 4. The predicted octanol–water partition coefficient (Wildman–Crippen LogP) is 9.68. The van der Waals surface area contributed by atoms with Crippen molar-refractivity contribution in [2.75, 3.05) is 0 Å². The first kappa shape index (κ1) is 34.6. The molecule has 2 aliphatic carbocycles. The summed E-state index contributed by atoms with van der Waals surface area (Å²) >= 11 is 0. The molecule has 1 aliphatic heterocycles. The molecule has 0 radical (unpaired) electrons. The van der Waals surface area contributed by atoms with E-state index in [1.54, 1.807) is 12.1 Å². The Bertz CT molecular complexity index is 2570. The van der Waals surface area contributed by atoms with Crippen LogP contribution >= 0.6 is 0 Å². The van der Waals surface area contributed by atoms with E-state index >= 15 is 0 Å². The third-order valence-corrected chi connectivity index (χ3v) is 14.7. The van der Waals surface area contributed by atoms with Crippen molar-refractivity contribution in [3.8, 4) is 22.6 Å². The van der Waals surface area contributed by atoms with E-state index in [0.717, 1.165) is 21.1 Å². The van der Waals surface area contributed by atoms with E-state index in [1.807, 2.05) is 125 Å². The quantitative estimate of drug-likeness (QED) is 0.158. The molecule has 6 nitrogen and oxygen atoms in total. The summed E-state index contributed by atoms with van der Waals surface area (Å²) in [6, 6.07) is 34.7. The largest absolute Gasteiger partial charge is 0.531 e. The van der Waals surface area contributed by atoms with Gasteiger partial charge in [-0.2, -0.15) is 0 Å². The van der Waals surface area contributed by atoms with Crippen molar-refractivity contribution in [3.05, 3.63) is 154 Å². The normalized spacial score (nSPS) is 16.0. The number of ketones is 4. The topological polar surface area (TPSA) is 86.7 Å². The summed E-state index contributed by atoms with van der Waals surface area (Å²) in [4.78, 5) is 58.0. The zero-order valence-corrected chi connectivity index (χ0v) is 32.2. The number of carbonyl (C=O) groups excluding carboxylic acids is 4. The Morgan fingerprint density at radius 3 is 1.11 bits per heavy atom. The van der Waals surface area contributed by atoms with Crippen LogP contribution in [0.5, 0.6) is 11.5 Å². The SMILES string of the molecule is CCC1=C(CC)C(=O)c2c(ccc3ccc4c(c23)-c2c(ccc3ccc5c(c23)C(=O)C(CC)=C(CC)C5=O)O[Si](c2ccccc2)(c2ccccc2)O4)C1=O. The van der Waals surface area contributed by atoms with Gasteiger partial charge in [-0.3, -0.25) is 19.2 Å². The highest BCUT2D eigenvalue weighted by atomic mass is 28.4. The molecular weight excluding hydrogens is 701 g/mol. The second-order valence-electron chi connectivity index (χ2n) is 14.2. The minimum absolute atomic E-state index is 0.155. The van der Waals surface area contributed by atoms with E-state index in [-0.39, 0.29) is 23.1 Å². The molecule has 0 aromatic heterocycles. The smallest absolute Gasteiger partial charge is 0.505 e. The van der Waals surface area contributed by atoms with Crippen molar-refractivity contribution < 1.29 is 28.0 Å². The molecule has 3 aliphatic rings. The predicted molar refractivity (Wildman–Crippen MR) is 219 cm³/mol. The first-order valence-electron chi connectivity index (χ1n) is 19.1. The molecule has 7 heteroatoms. The van der Waals surface area contributed by atoms with Crippen LogP contribution in [0.4, 0.5) is 0 Å². The number of benzene rings is 6. The van der Waals surface area contributed by atoms with Gasteiger partial charge in [-0.05, 0) is 60.7 Å². The molecule has 0 N–H and O–H groups in total. The van der Waals surface area contributed by atoms with Crippen LogP contribution in [-0.4, -0.2) is 31.7 Å². The lowest BCUT2D eigenvalue weighted by Crippen LogP contribution is -2.68. The molecule has 0 atom stereocenters. The molecule has 0 saturated heterocycles. The molecule has 0 bridgehead atoms. The number of rotatable bonds is 6. The molecule has 0 spiro atoms. The zero-order chi connectivity index (χ0) is 38.2. The third kappa shape index (κ3) is 4.85. The molecule has 55 heavy (non-hydrogen) atoms. The van der Waals surface area contributed by atoms with E-state index in [4.69, 9.17) is 8.85 Å². The molecule has 6 aromatic carbocycles. The molecular formula is C48H38O6Si. The second-order valence-corrected chi connectivity index (χ2v) is 17.0. The van der Waals surface area contributed by atoms with Crippen LogP contribution in [0.25, 0.3) is 32.7 Å². The van der Waals surface area contributed by atoms with Crippen molar-refractivity contribution in [1.82, 2.24) is 0 Å². The van der Waals surface area contributed by atoms with Gasteiger partial charge in [0.1, 0.15) is 11.5 Å². The van der Waals surface area contributed by atoms with Gasteiger partial charge in [-0.15, -0.1) is 0 Å². The van der Waals surface area contributed by atoms with E-state index < -0.39 is 8.56 Å². The monoisotopic (exact) mass is 738 g/mol. The summed E-state index contributed by atoms with van der Waals surface area (Å²) < 4.78 is 14.8. The van der Waals surface area contributed by atoms with Gasteiger partial charge < -0.3 is 8.85 Å². The Labute approximate surface area is 320 Å². The molecule has 270 valence electrons. The molecule has 0 unspecified atom stereocenters. The molecule has 6 aromatic rings. The van der Waals surface area contributed by atoms with Gasteiger partial charge in [0.2, 0.25) is 0 Å². The van der Waals surface area contributed by atoms with Crippen LogP contribution in [0.1, 0.15) is 94.8 Å². The van der Waals surface area contributed by atoms with Gasteiger partial charge in [0.25, 0.3) is 0 Å². The van der Waals surface area contributed by atoms with Gasteiger partial charge in [0.15, 0.2) is 23.1 Å². The number of hydrogen-bond acceptors (Lipinski definition) is 6. The van der Waals surface area contributed by atoms with E-state index in [0.29, 0.717) is 104 Å². The van der Waals surface area contributed by atoms with Gasteiger partial charge >= 0.3 is 8.56 Å². The highest BCUT2D eigenvalue weighted by molar-refractivity contribution is 6.93. The maximum atomic E-state index is 14.8. The Morgan fingerprint density at radius 2 is 0.745 bits per heavy atom. The lowest BCUT2D eigenvalue weighted by Gasteiger charge is -2.31. The average Bonchev–Trinajstić information content (AvgIpc) is 3.38. The summed E-state index contributed by atoms with van der Waals surface area (Å²) in [6.45, 7) is 7.63. The maximum Gasteiger partial charge on any atom is 0.531 e. The van der Waals surface area contributed by atoms with Crippen LogP contribution in [0.15, 0.2) is 131 Å². The fourth-order valence-electron chi connectivity index (χ4n) is 9.03. The van der Waals surface area contributed by atoms with Crippen LogP contribution < -0.4 is 19.2 Å². The van der Waals surface area contributed by atoms with Crippen molar-refractivity contribution in [2.24, 2.45) is 0 Å². The minimum atomic E-state index is -3.69. The highest BCUT2D eigenvalue weighted by Crippen LogP contribution is 2.52. The fraction of sp³-hybridized carbons (Fsp3) is 0.167. The maximum absolute atomic E-state index is 14.8. The Hall–Kier alpha value is -6.18. The van der Waals surface area contributed by atoms with Gasteiger partial charge in [-0.25, -0.2) is 0 Å². The van der Waals surface area contributed by atoms with E-state index in [9.17, 15) is 19.2 Å². The van der Waals surface area contributed by atoms with Crippen molar-refractivity contribution in [2.45, 2.75) is 53.4 Å². The summed E-state index contributed by atoms with van der Waals surface area (Å²) in [5.74, 6) is 0.235. The first-order valence-corrected chi connectivity index (χ1v) is 20.9. The summed E-state index contributed by atoms with van der Waals surface area (Å²) in [7, 11) is -3.69. The van der Waals surface area contributed by atoms with Crippen LogP contribution in [-0.2, 0) is 0 Å². The molecule has 0 saturated carbocycles. The molecule has 1 heterocycles. The lowest BCUT2D eigenvalue weighted by molar-refractivity contribution is 0.0971. The highest BCUT2D eigenvalue weighted by Gasteiger charge is 2.51. The Morgan fingerprint density at radius 1 is 0.400 bits per heavy atom. The van der Waals surface area contributed by atoms with Crippen LogP contribution in [0.2, 0.25) is 0 Å². The number of hydrogen-bond donors (Lipinski definition) is 0. The second kappa shape index (κ2) is 13.0. The zero-order valence-electron chi connectivity index (χ0n) is 31.2. The molecule has 0 fully saturated rings. The Kier molecular flexibility index (Phi) is 8.17. The van der Waals surface area contributed by atoms with E-state index in [1.165, 1.54) is 0 Å². The summed E-state index contributed by atoms with van der Waals surface area (Å²) in [5.41, 5.74) is 4.55. The third-order valence-electron chi connectivity index (χ3n) is 11.5. The standard InChI is InChI=1S/C48H38O6Si/c1-5-31-33(7-3)47(51)41-35(45(31)49)23-19-27-21-25-37-43(39(27)41)44-38(54-55(53-37,29-15-11-9-12-16-29)30-17-13-10-14-18-30)26-22-28-20-24-36-42(40(28)44)48(52)34(8-4)32(6-2)46(36)50/h9-26H,5-8H2,1-4H3. The van der Waals surface area contributed by atoms with Crippen LogP contribution in [0.3, 0.4) is 0 Å². The minimum Gasteiger partial charge on any atom is -0.505 e. The number of allylic oxidation sites excluding steroid dienone is 4. The Balaban J connectivity index is 1.50. The van der Waals surface area contributed by atoms with Crippen molar-refractivity contribution in [3.63, 3.8) is 0 Å². The van der Waals surface area contributed by atoms with Gasteiger partial charge in [0, 0.05) is 76.8 Å². The number of fused-ring (bicyclic) bond motifs is 11. The summed E-state index contributed by atoms with van der Waals surface area (Å²) in [6.07, 6.45) is 1.71. The average molecular weight is 739 g/mol. The summed E-state index contributed by atoms with van der Waals surface area (Å²) in [5, 5.41) is 4.31. The molecule has 0 amide bonds.